The van der Waals surface area contributed by atoms with E-state index in [1.807, 2.05) is 0 Å². The topological polar surface area (TPSA) is 18.5 Å². The van der Waals surface area contributed by atoms with Gasteiger partial charge in [-0.05, 0) is 70.9 Å². The van der Waals surface area contributed by atoms with Crippen LogP contribution in [0.5, 0.6) is 11.5 Å². The van der Waals surface area contributed by atoms with E-state index in [2.05, 4.69) is 77.9 Å². The lowest BCUT2D eigenvalue weighted by Gasteiger charge is -2.21. The fourth-order valence-corrected chi connectivity index (χ4v) is 3.87. The first-order valence-corrected chi connectivity index (χ1v) is 11.4. The van der Waals surface area contributed by atoms with Gasteiger partial charge < -0.3 is 9.47 Å². The Labute approximate surface area is 185 Å². The second-order valence-corrected chi connectivity index (χ2v) is 10.5. The molecule has 2 rings (SSSR count). The van der Waals surface area contributed by atoms with Crippen LogP contribution in [0.2, 0.25) is 0 Å². The Hall–Kier alpha value is -1.96. The zero-order valence-electron chi connectivity index (χ0n) is 20.5. The minimum absolute atomic E-state index is 0.168. The van der Waals surface area contributed by atoms with E-state index in [0.29, 0.717) is 0 Å². The second kappa shape index (κ2) is 10.4. The number of ether oxygens (including phenoxy) is 2. The lowest BCUT2D eigenvalue weighted by molar-refractivity contribution is 0.407. The summed E-state index contributed by atoms with van der Waals surface area (Å²) in [5, 5.41) is 0. The zero-order chi connectivity index (χ0) is 22.4. The van der Waals surface area contributed by atoms with Gasteiger partial charge in [-0.2, -0.15) is 0 Å². The van der Waals surface area contributed by atoms with Crippen molar-refractivity contribution in [2.45, 2.75) is 90.9 Å². The van der Waals surface area contributed by atoms with Crippen LogP contribution in [0, 0.1) is 0 Å². The number of benzene rings is 2. The van der Waals surface area contributed by atoms with E-state index in [1.165, 1.54) is 47.9 Å². The number of hydrogen-bond acceptors (Lipinski definition) is 2. The van der Waals surface area contributed by atoms with E-state index in [1.54, 1.807) is 14.2 Å². The molecule has 0 radical (unpaired) electrons. The van der Waals surface area contributed by atoms with Gasteiger partial charge in [0.2, 0.25) is 0 Å². The Morgan fingerprint density at radius 3 is 1.23 bits per heavy atom. The first kappa shape index (κ1) is 24.3. The molecule has 0 fully saturated rings. The SMILES string of the molecule is COc1ccc(C(C)(C)C)cc1CCCCCCc1cc(C(C)(C)C)ccc1OC. The minimum Gasteiger partial charge on any atom is -0.496 e. The van der Waals surface area contributed by atoms with E-state index in [4.69, 9.17) is 9.47 Å². The Bertz CT molecular complexity index is 737. The molecule has 0 aliphatic carbocycles. The van der Waals surface area contributed by atoms with Gasteiger partial charge in [0.15, 0.2) is 0 Å². The number of hydrogen-bond donors (Lipinski definition) is 0. The summed E-state index contributed by atoms with van der Waals surface area (Å²) in [6.07, 6.45) is 7.03. The third-order valence-electron chi connectivity index (χ3n) is 5.94. The van der Waals surface area contributed by atoms with Crippen LogP contribution in [0.15, 0.2) is 36.4 Å². The van der Waals surface area contributed by atoms with Crippen molar-refractivity contribution in [1.82, 2.24) is 0 Å². The van der Waals surface area contributed by atoms with Gasteiger partial charge in [0.1, 0.15) is 11.5 Å². The van der Waals surface area contributed by atoms with Gasteiger partial charge in [0.25, 0.3) is 0 Å². The Morgan fingerprint density at radius 2 is 0.933 bits per heavy atom. The summed E-state index contributed by atoms with van der Waals surface area (Å²) < 4.78 is 11.2. The summed E-state index contributed by atoms with van der Waals surface area (Å²) in [6.45, 7) is 13.6. The first-order valence-electron chi connectivity index (χ1n) is 11.4. The van der Waals surface area contributed by atoms with Crippen molar-refractivity contribution in [1.29, 1.82) is 0 Å². The van der Waals surface area contributed by atoms with Crippen LogP contribution in [0.3, 0.4) is 0 Å². The zero-order valence-corrected chi connectivity index (χ0v) is 20.5. The van der Waals surface area contributed by atoms with Crippen LogP contribution in [0.1, 0.15) is 89.5 Å². The molecule has 30 heavy (non-hydrogen) atoms. The summed E-state index contributed by atoms with van der Waals surface area (Å²) in [5.41, 5.74) is 5.77. The highest BCUT2D eigenvalue weighted by Crippen LogP contribution is 2.30. The predicted octanol–water partition coefficient (Wildman–Crippen LogP) is 7.64. The quantitative estimate of drug-likeness (QED) is 0.395. The van der Waals surface area contributed by atoms with Crippen LogP contribution in [0.25, 0.3) is 0 Å². The Kier molecular flexibility index (Phi) is 8.41. The van der Waals surface area contributed by atoms with E-state index in [-0.39, 0.29) is 10.8 Å². The molecule has 0 saturated heterocycles. The van der Waals surface area contributed by atoms with Crippen molar-refractivity contribution in [2.75, 3.05) is 14.2 Å². The smallest absolute Gasteiger partial charge is 0.122 e. The maximum absolute atomic E-state index is 5.60. The van der Waals surface area contributed by atoms with Gasteiger partial charge in [-0.1, -0.05) is 78.6 Å². The molecule has 0 aliphatic rings. The summed E-state index contributed by atoms with van der Waals surface area (Å²) in [6, 6.07) is 13.3. The molecule has 2 aromatic rings. The van der Waals surface area contributed by atoms with Crippen molar-refractivity contribution in [2.24, 2.45) is 0 Å². The van der Waals surface area contributed by atoms with Crippen LogP contribution in [-0.4, -0.2) is 14.2 Å². The third-order valence-corrected chi connectivity index (χ3v) is 5.94. The van der Waals surface area contributed by atoms with Gasteiger partial charge in [-0.3, -0.25) is 0 Å². The molecule has 0 unspecified atom stereocenters. The van der Waals surface area contributed by atoms with Crippen LogP contribution < -0.4 is 9.47 Å². The molecular formula is C28H42O2. The minimum atomic E-state index is 0.168. The number of methoxy groups -OCH3 is 2. The average Bonchev–Trinajstić information content (AvgIpc) is 2.68. The monoisotopic (exact) mass is 410 g/mol. The lowest BCUT2D eigenvalue weighted by Crippen LogP contribution is -2.11. The molecule has 0 heterocycles. The highest BCUT2D eigenvalue weighted by Gasteiger charge is 2.17. The van der Waals surface area contributed by atoms with Crippen molar-refractivity contribution in [3.63, 3.8) is 0 Å². The van der Waals surface area contributed by atoms with Gasteiger partial charge >= 0.3 is 0 Å². The molecule has 0 saturated carbocycles. The van der Waals surface area contributed by atoms with Crippen molar-refractivity contribution >= 4 is 0 Å². The lowest BCUT2D eigenvalue weighted by atomic mass is 9.85. The predicted molar refractivity (Wildman–Crippen MR) is 129 cm³/mol. The van der Waals surface area contributed by atoms with Crippen molar-refractivity contribution < 1.29 is 9.47 Å². The fourth-order valence-electron chi connectivity index (χ4n) is 3.87. The average molecular weight is 411 g/mol. The Balaban J connectivity index is 1.88. The molecule has 0 spiro atoms. The summed E-state index contributed by atoms with van der Waals surface area (Å²) >= 11 is 0. The summed E-state index contributed by atoms with van der Waals surface area (Å²) in [5.74, 6) is 2.04. The summed E-state index contributed by atoms with van der Waals surface area (Å²) in [7, 11) is 3.55. The largest absolute Gasteiger partial charge is 0.496 e. The van der Waals surface area contributed by atoms with E-state index < -0.39 is 0 Å². The summed E-state index contributed by atoms with van der Waals surface area (Å²) in [4.78, 5) is 0. The van der Waals surface area contributed by atoms with Crippen LogP contribution in [-0.2, 0) is 23.7 Å². The second-order valence-electron chi connectivity index (χ2n) is 10.5. The normalized spacial score (nSPS) is 12.1. The molecule has 0 N–H and O–H groups in total. The molecule has 2 nitrogen and oxygen atoms in total. The van der Waals surface area contributed by atoms with E-state index in [9.17, 15) is 0 Å². The van der Waals surface area contributed by atoms with Gasteiger partial charge in [0, 0.05) is 0 Å². The van der Waals surface area contributed by atoms with Crippen LogP contribution >= 0.6 is 0 Å². The maximum atomic E-state index is 5.60. The van der Waals surface area contributed by atoms with E-state index >= 15 is 0 Å². The number of aryl methyl sites for hydroxylation is 2. The number of unbranched alkanes of at least 4 members (excludes halogenated alkanes) is 3. The molecule has 0 bridgehead atoms. The molecule has 166 valence electrons. The third kappa shape index (κ3) is 6.79. The van der Waals surface area contributed by atoms with Crippen molar-refractivity contribution in [3.8, 4) is 11.5 Å². The molecule has 0 aliphatic heterocycles. The maximum Gasteiger partial charge on any atom is 0.122 e. The molecule has 0 amide bonds. The van der Waals surface area contributed by atoms with Gasteiger partial charge in [0.05, 0.1) is 14.2 Å². The number of rotatable bonds is 9. The highest BCUT2D eigenvalue weighted by atomic mass is 16.5. The molecule has 2 heteroatoms. The molecular weight excluding hydrogens is 368 g/mol. The fraction of sp³-hybridized carbons (Fsp3) is 0.571. The molecule has 2 aromatic carbocycles. The standard InChI is InChI=1S/C28H42O2/c1-27(2,3)23-15-17-25(29-7)21(19-23)13-11-9-10-12-14-22-20-24(28(4,5)6)16-18-26(22)30-8/h15-20H,9-14H2,1-8H3. The van der Waals surface area contributed by atoms with Crippen LogP contribution in [0.4, 0.5) is 0 Å². The highest BCUT2D eigenvalue weighted by molar-refractivity contribution is 5.40. The van der Waals surface area contributed by atoms with Gasteiger partial charge in [-0.25, -0.2) is 0 Å². The van der Waals surface area contributed by atoms with E-state index in [0.717, 1.165) is 24.3 Å². The van der Waals surface area contributed by atoms with Gasteiger partial charge in [-0.15, -0.1) is 0 Å². The first-order chi connectivity index (χ1) is 14.1. The van der Waals surface area contributed by atoms with Crippen molar-refractivity contribution in [3.05, 3.63) is 58.7 Å². The molecule has 0 aromatic heterocycles. The molecule has 0 atom stereocenters. The Morgan fingerprint density at radius 1 is 0.567 bits per heavy atom.